The van der Waals surface area contributed by atoms with E-state index in [4.69, 9.17) is 0 Å². The molecule has 0 bridgehead atoms. The maximum atomic E-state index is 11.1. The van der Waals surface area contributed by atoms with Crippen LogP contribution in [-0.4, -0.2) is 35.4 Å². The van der Waals surface area contributed by atoms with Gasteiger partial charge < -0.3 is 4.74 Å². The van der Waals surface area contributed by atoms with Crippen LogP contribution in [0.3, 0.4) is 0 Å². The van der Waals surface area contributed by atoms with Crippen LogP contribution in [0.2, 0.25) is 0 Å². The van der Waals surface area contributed by atoms with E-state index < -0.39 is 5.25 Å². The van der Waals surface area contributed by atoms with E-state index in [0.29, 0.717) is 6.61 Å². The van der Waals surface area contributed by atoms with Gasteiger partial charge in [-0.05, 0) is 6.92 Å². The summed E-state index contributed by atoms with van der Waals surface area (Å²) in [4.78, 5) is 32.8. The average molecular weight is 217 g/mol. The molecule has 1 atom stereocenters. The van der Waals surface area contributed by atoms with Gasteiger partial charge in [-0.15, -0.1) is 11.8 Å². The number of nitrogens with one attached hydrogen (secondary N) is 1. The molecule has 0 aromatic heterocycles. The third-order valence-electron chi connectivity index (χ3n) is 1.63. The number of rotatable bonds is 4. The molecule has 14 heavy (non-hydrogen) atoms. The molecule has 2 amide bonds. The van der Waals surface area contributed by atoms with Gasteiger partial charge in [-0.2, -0.15) is 0 Å². The summed E-state index contributed by atoms with van der Waals surface area (Å²) in [6, 6.07) is 0. The average Bonchev–Trinajstić information content (AvgIpc) is 2.42. The number of ether oxygens (including phenoxy) is 1. The van der Waals surface area contributed by atoms with Gasteiger partial charge in [0.25, 0.3) is 0 Å². The number of carbonyl (C=O) groups excluding carboxylic acids is 3. The lowest BCUT2D eigenvalue weighted by Crippen LogP contribution is -2.23. The summed E-state index contributed by atoms with van der Waals surface area (Å²) in [7, 11) is 0. The van der Waals surface area contributed by atoms with Gasteiger partial charge in [-0.1, -0.05) is 0 Å². The largest absolute Gasteiger partial charge is 0.465 e. The van der Waals surface area contributed by atoms with Crippen molar-refractivity contribution in [2.24, 2.45) is 0 Å². The first-order valence-corrected chi connectivity index (χ1v) is 5.29. The highest BCUT2D eigenvalue weighted by atomic mass is 32.2. The van der Waals surface area contributed by atoms with E-state index in [0.717, 1.165) is 11.8 Å². The molecule has 5 nitrogen and oxygen atoms in total. The van der Waals surface area contributed by atoms with E-state index in [2.05, 4.69) is 10.1 Å². The summed E-state index contributed by atoms with van der Waals surface area (Å²) in [6.07, 6.45) is 0.156. The molecule has 78 valence electrons. The van der Waals surface area contributed by atoms with Gasteiger partial charge in [0.05, 0.1) is 17.6 Å². The Balaban J connectivity index is 2.28. The maximum Gasteiger partial charge on any atom is 0.315 e. The third kappa shape index (κ3) is 3.02. The molecule has 0 aliphatic carbocycles. The standard InChI is InChI=1S/C8H11NO4S/c1-2-13-7(11)4-14-5-3-6(10)9-8(5)12/h5H,2-4H2,1H3,(H,9,10,12). The Morgan fingerprint density at radius 2 is 2.36 bits per heavy atom. The van der Waals surface area contributed by atoms with Crippen LogP contribution < -0.4 is 5.32 Å². The van der Waals surface area contributed by atoms with Crippen LogP contribution in [0.4, 0.5) is 0 Å². The van der Waals surface area contributed by atoms with Crippen LogP contribution in [0.25, 0.3) is 0 Å². The molecule has 0 radical (unpaired) electrons. The predicted octanol–water partition coefficient (Wildman–Crippen LogP) is -0.302. The minimum absolute atomic E-state index is 0.110. The molecule has 6 heteroatoms. The second-order valence-corrected chi connectivity index (χ2v) is 3.91. The second kappa shape index (κ2) is 4.99. The van der Waals surface area contributed by atoms with Gasteiger partial charge in [0, 0.05) is 6.42 Å². The Hall–Kier alpha value is -1.04. The summed E-state index contributed by atoms with van der Waals surface area (Å²) in [5.74, 6) is -0.843. The first-order chi connectivity index (χ1) is 6.63. The molecule has 1 rings (SSSR count). The van der Waals surface area contributed by atoms with Gasteiger partial charge in [-0.25, -0.2) is 0 Å². The quantitative estimate of drug-likeness (QED) is 0.517. The van der Waals surface area contributed by atoms with E-state index in [-0.39, 0.29) is 30.0 Å². The van der Waals surface area contributed by atoms with E-state index in [9.17, 15) is 14.4 Å². The summed E-state index contributed by atoms with van der Waals surface area (Å²) in [5.41, 5.74) is 0. The zero-order valence-electron chi connectivity index (χ0n) is 7.74. The van der Waals surface area contributed by atoms with E-state index in [1.807, 2.05) is 0 Å². The molecule has 1 aliphatic heterocycles. The molecule has 1 saturated heterocycles. The van der Waals surface area contributed by atoms with Crippen molar-refractivity contribution in [2.75, 3.05) is 12.4 Å². The van der Waals surface area contributed by atoms with E-state index >= 15 is 0 Å². The molecule has 0 saturated carbocycles. The fourth-order valence-electron chi connectivity index (χ4n) is 1.04. The summed E-state index contributed by atoms with van der Waals surface area (Å²) < 4.78 is 4.69. The van der Waals surface area contributed by atoms with Crippen LogP contribution in [0, 0.1) is 0 Å². The van der Waals surface area contributed by atoms with Crippen LogP contribution in [0.5, 0.6) is 0 Å². The smallest absolute Gasteiger partial charge is 0.315 e. The number of esters is 1. The zero-order valence-corrected chi connectivity index (χ0v) is 8.56. The lowest BCUT2D eigenvalue weighted by atomic mass is 10.4. The van der Waals surface area contributed by atoms with Gasteiger partial charge >= 0.3 is 5.97 Å². The van der Waals surface area contributed by atoms with Gasteiger partial charge in [-0.3, -0.25) is 19.7 Å². The van der Waals surface area contributed by atoms with Crippen LogP contribution in [-0.2, 0) is 19.1 Å². The van der Waals surface area contributed by atoms with E-state index in [1.54, 1.807) is 6.92 Å². The topological polar surface area (TPSA) is 72.5 Å². The second-order valence-electron chi connectivity index (χ2n) is 2.72. The Morgan fingerprint density at radius 1 is 1.64 bits per heavy atom. The fraction of sp³-hybridized carbons (Fsp3) is 0.625. The Bertz CT molecular complexity index is 266. The number of hydrogen-bond acceptors (Lipinski definition) is 5. The van der Waals surface area contributed by atoms with Crippen molar-refractivity contribution in [1.29, 1.82) is 0 Å². The highest BCUT2D eigenvalue weighted by Crippen LogP contribution is 2.19. The Kier molecular flexibility index (Phi) is 3.94. The SMILES string of the molecule is CCOC(=O)CSC1CC(=O)NC1=O. The highest BCUT2D eigenvalue weighted by Gasteiger charge is 2.31. The minimum atomic E-state index is -0.438. The van der Waals surface area contributed by atoms with Gasteiger partial charge in [0.2, 0.25) is 11.8 Å². The summed E-state index contributed by atoms with van der Waals surface area (Å²) in [5, 5.41) is 1.73. The third-order valence-corrected chi connectivity index (χ3v) is 2.82. The minimum Gasteiger partial charge on any atom is -0.465 e. The Morgan fingerprint density at radius 3 is 2.86 bits per heavy atom. The molecular formula is C8H11NO4S. The zero-order chi connectivity index (χ0) is 10.6. The fourth-order valence-corrected chi connectivity index (χ4v) is 1.94. The van der Waals surface area contributed by atoms with Crippen molar-refractivity contribution in [1.82, 2.24) is 5.32 Å². The molecule has 0 aromatic rings. The normalized spacial score (nSPS) is 20.8. The lowest BCUT2D eigenvalue weighted by molar-refractivity contribution is -0.139. The highest BCUT2D eigenvalue weighted by molar-refractivity contribution is 8.01. The molecule has 0 aromatic carbocycles. The molecule has 0 spiro atoms. The molecule has 1 unspecified atom stereocenters. The van der Waals surface area contributed by atoms with Crippen molar-refractivity contribution < 1.29 is 19.1 Å². The molecule has 1 heterocycles. The van der Waals surface area contributed by atoms with Crippen LogP contribution in [0.15, 0.2) is 0 Å². The monoisotopic (exact) mass is 217 g/mol. The van der Waals surface area contributed by atoms with Crippen LogP contribution in [0.1, 0.15) is 13.3 Å². The first kappa shape index (κ1) is 11.0. The Labute approximate surface area is 85.6 Å². The summed E-state index contributed by atoms with van der Waals surface area (Å²) >= 11 is 1.14. The number of carbonyl (C=O) groups is 3. The van der Waals surface area contributed by atoms with Crippen molar-refractivity contribution in [2.45, 2.75) is 18.6 Å². The lowest BCUT2D eigenvalue weighted by Gasteiger charge is -2.04. The summed E-state index contributed by atoms with van der Waals surface area (Å²) in [6.45, 7) is 2.05. The van der Waals surface area contributed by atoms with Gasteiger partial charge in [0.15, 0.2) is 0 Å². The molecule has 1 N–H and O–H groups in total. The number of thioether (sulfide) groups is 1. The molecular weight excluding hydrogens is 206 g/mol. The maximum absolute atomic E-state index is 11.1. The number of amides is 2. The van der Waals surface area contributed by atoms with Crippen LogP contribution >= 0.6 is 11.8 Å². The number of hydrogen-bond donors (Lipinski definition) is 1. The van der Waals surface area contributed by atoms with Crippen molar-refractivity contribution >= 4 is 29.5 Å². The predicted molar refractivity (Wildman–Crippen MR) is 50.6 cm³/mol. The van der Waals surface area contributed by atoms with Gasteiger partial charge in [0.1, 0.15) is 0 Å². The van der Waals surface area contributed by atoms with E-state index in [1.165, 1.54) is 0 Å². The van der Waals surface area contributed by atoms with Crippen molar-refractivity contribution in [3.63, 3.8) is 0 Å². The van der Waals surface area contributed by atoms with Crippen molar-refractivity contribution in [3.05, 3.63) is 0 Å². The molecule has 1 aliphatic rings. The molecule has 1 fully saturated rings. The first-order valence-electron chi connectivity index (χ1n) is 4.24. The van der Waals surface area contributed by atoms with Crippen molar-refractivity contribution in [3.8, 4) is 0 Å². The number of imide groups is 1.